The Morgan fingerprint density at radius 2 is 1.95 bits per heavy atom. The lowest BCUT2D eigenvalue weighted by Gasteiger charge is -2.39. The van der Waals surface area contributed by atoms with Gasteiger partial charge in [-0.1, -0.05) is 18.2 Å². The molecule has 0 spiro atoms. The molecule has 2 N–H and O–H groups in total. The smallest absolute Gasteiger partial charge is 0.310 e. The van der Waals surface area contributed by atoms with Crippen molar-refractivity contribution >= 4 is 5.97 Å². The first-order valence-electron chi connectivity index (χ1n) is 7.06. The maximum Gasteiger partial charge on any atom is 0.310 e. The van der Waals surface area contributed by atoms with Crippen LogP contribution in [0.4, 0.5) is 0 Å². The Morgan fingerprint density at radius 1 is 1.35 bits per heavy atom. The molecule has 2 rings (SSSR count). The molecule has 4 heteroatoms. The lowest BCUT2D eigenvalue weighted by atomic mass is 9.86. The molecule has 0 bridgehead atoms. The van der Waals surface area contributed by atoms with Crippen LogP contribution in [0.3, 0.4) is 0 Å². The number of benzene rings is 1. The summed E-state index contributed by atoms with van der Waals surface area (Å²) in [5.41, 5.74) is 3.83. The van der Waals surface area contributed by atoms with Crippen molar-refractivity contribution in [2.45, 2.75) is 38.8 Å². The summed E-state index contributed by atoms with van der Waals surface area (Å²) < 4.78 is 0. The topological polar surface area (TPSA) is 60.8 Å². The first kappa shape index (κ1) is 15.0. The van der Waals surface area contributed by atoms with Crippen molar-refractivity contribution in [3.8, 4) is 0 Å². The molecule has 0 amide bonds. The molecule has 110 valence electrons. The first-order chi connectivity index (χ1) is 9.40. The van der Waals surface area contributed by atoms with Gasteiger partial charge in [0.15, 0.2) is 0 Å². The van der Waals surface area contributed by atoms with E-state index in [1.807, 2.05) is 13.1 Å². The number of hydrogen-bond acceptors (Lipinski definition) is 3. The van der Waals surface area contributed by atoms with Crippen molar-refractivity contribution < 1.29 is 15.0 Å². The highest BCUT2D eigenvalue weighted by Crippen LogP contribution is 2.26. The molecule has 3 unspecified atom stereocenters. The van der Waals surface area contributed by atoms with Crippen LogP contribution in [0.2, 0.25) is 0 Å². The Kier molecular flexibility index (Phi) is 4.45. The zero-order valence-corrected chi connectivity index (χ0v) is 12.3. The molecule has 3 atom stereocenters. The van der Waals surface area contributed by atoms with Crippen LogP contribution < -0.4 is 0 Å². The van der Waals surface area contributed by atoms with Gasteiger partial charge in [0.2, 0.25) is 0 Å². The van der Waals surface area contributed by atoms with E-state index < -0.39 is 18.0 Å². The predicted octanol–water partition coefficient (Wildman–Crippen LogP) is 1.61. The van der Waals surface area contributed by atoms with E-state index in [-0.39, 0.29) is 6.04 Å². The van der Waals surface area contributed by atoms with Crippen LogP contribution in [0, 0.1) is 19.8 Å². The van der Waals surface area contributed by atoms with Crippen LogP contribution in [0.1, 0.15) is 23.1 Å². The van der Waals surface area contributed by atoms with Crippen molar-refractivity contribution in [2.75, 3.05) is 13.6 Å². The lowest BCUT2D eigenvalue weighted by Crippen LogP contribution is -2.51. The van der Waals surface area contributed by atoms with E-state index in [1.165, 1.54) is 16.7 Å². The molecule has 20 heavy (non-hydrogen) atoms. The summed E-state index contributed by atoms with van der Waals surface area (Å²) in [6, 6.07) is 6.44. The number of aliphatic carboxylic acids is 1. The zero-order valence-electron chi connectivity index (χ0n) is 12.3. The molecule has 0 saturated carbocycles. The average molecular weight is 277 g/mol. The standard InChI is InChI=1S/C16H23NO3/c1-10-5-4-6-11(2)13(10)7-12-8-15(18)14(16(19)20)9-17(12)3/h4-6,12,14-15,18H,7-9H2,1-3H3,(H,19,20). The van der Waals surface area contributed by atoms with E-state index in [2.05, 4.69) is 30.9 Å². The van der Waals surface area contributed by atoms with Crippen molar-refractivity contribution in [1.82, 2.24) is 4.90 Å². The van der Waals surface area contributed by atoms with Crippen molar-refractivity contribution in [3.05, 3.63) is 34.9 Å². The zero-order chi connectivity index (χ0) is 14.9. The number of carbonyl (C=O) groups is 1. The van der Waals surface area contributed by atoms with E-state index in [4.69, 9.17) is 5.11 Å². The monoisotopic (exact) mass is 277 g/mol. The molecule has 4 nitrogen and oxygen atoms in total. The summed E-state index contributed by atoms with van der Waals surface area (Å²) >= 11 is 0. The van der Waals surface area contributed by atoms with Gasteiger partial charge in [-0.2, -0.15) is 0 Å². The summed E-state index contributed by atoms with van der Waals surface area (Å²) in [6.07, 6.45) is 0.623. The van der Waals surface area contributed by atoms with Crippen LogP contribution in [0.15, 0.2) is 18.2 Å². The van der Waals surface area contributed by atoms with E-state index >= 15 is 0 Å². The highest BCUT2D eigenvalue weighted by molar-refractivity contribution is 5.71. The van der Waals surface area contributed by atoms with Gasteiger partial charge in [0.05, 0.1) is 12.0 Å². The van der Waals surface area contributed by atoms with Crippen LogP contribution in [0.5, 0.6) is 0 Å². The summed E-state index contributed by atoms with van der Waals surface area (Å²) in [6.45, 7) is 4.61. The summed E-state index contributed by atoms with van der Waals surface area (Å²) in [7, 11) is 1.94. The van der Waals surface area contributed by atoms with Gasteiger partial charge in [-0.15, -0.1) is 0 Å². The third kappa shape index (κ3) is 3.02. The molecule has 1 aliphatic heterocycles. The van der Waals surface area contributed by atoms with Crippen LogP contribution in [-0.4, -0.2) is 46.8 Å². The lowest BCUT2D eigenvalue weighted by molar-refractivity contribution is -0.149. The maximum absolute atomic E-state index is 11.1. The number of aliphatic hydroxyl groups is 1. The molecule has 0 radical (unpaired) electrons. The fourth-order valence-electron chi connectivity index (χ4n) is 3.09. The van der Waals surface area contributed by atoms with E-state index in [0.717, 1.165) is 6.42 Å². The Bertz CT molecular complexity index is 480. The molecule has 0 aromatic heterocycles. The SMILES string of the molecule is Cc1cccc(C)c1CC1CC(O)C(C(=O)O)CN1C. The molecular formula is C16H23NO3. The van der Waals surface area contributed by atoms with Gasteiger partial charge in [-0.3, -0.25) is 4.79 Å². The maximum atomic E-state index is 11.1. The van der Waals surface area contributed by atoms with Gasteiger partial charge in [-0.05, 0) is 50.4 Å². The predicted molar refractivity (Wildman–Crippen MR) is 77.8 cm³/mol. The minimum Gasteiger partial charge on any atom is -0.481 e. The van der Waals surface area contributed by atoms with Gasteiger partial charge >= 0.3 is 5.97 Å². The molecule has 1 aromatic rings. The number of aryl methyl sites for hydroxylation is 2. The Hall–Kier alpha value is -1.39. The number of carboxylic acid groups (broad SMARTS) is 1. The van der Waals surface area contributed by atoms with Gasteiger partial charge in [-0.25, -0.2) is 0 Å². The normalized spacial score (nSPS) is 27.5. The Labute approximate surface area is 120 Å². The largest absolute Gasteiger partial charge is 0.481 e. The van der Waals surface area contributed by atoms with Gasteiger partial charge < -0.3 is 15.1 Å². The fourth-order valence-corrected chi connectivity index (χ4v) is 3.09. The molecule has 0 aliphatic carbocycles. The highest BCUT2D eigenvalue weighted by Gasteiger charge is 2.37. The van der Waals surface area contributed by atoms with Gasteiger partial charge in [0, 0.05) is 12.6 Å². The van der Waals surface area contributed by atoms with Gasteiger partial charge in [0.25, 0.3) is 0 Å². The number of piperidine rings is 1. The van der Waals surface area contributed by atoms with E-state index in [9.17, 15) is 9.90 Å². The van der Waals surface area contributed by atoms with Crippen LogP contribution in [-0.2, 0) is 11.2 Å². The highest BCUT2D eigenvalue weighted by atomic mass is 16.4. The average Bonchev–Trinajstić information content (AvgIpc) is 2.37. The molecule has 1 heterocycles. The molecule has 1 saturated heterocycles. The Balaban J connectivity index is 2.13. The second kappa shape index (κ2) is 5.94. The third-order valence-corrected chi connectivity index (χ3v) is 4.49. The molecular weight excluding hydrogens is 254 g/mol. The second-order valence-electron chi connectivity index (χ2n) is 5.92. The summed E-state index contributed by atoms with van der Waals surface area (Å²) in [4.78, 5) is 13.2. The first-order valence-corrected chi connectivity index (χ1v) is 7.06. The molecule has 1 fully saturated rings. The van der Waals surface area contributed by atoms with Crippen molar-refractivity contribution in [3.63, 3.8) is 0 Å². The van der Waals surface area contributed by atoms with Gasteiger partial charge in [0.1, 0.15) is 0 Å². The number of aliphatic hydroxyl groups excluding tert-OH is 1. The van der Waals surface area contributed by atoms with E-state index in [1.54, 1.807) is 0 Å². The fraction of sp³-hybridized carbons (Fsp3) is 0.562. The number of likely N-dealkylation sites (tertiary alicyclic amines) is 1. The minimum atomic E-state index is -0.908. The number of hydrogen-bond donors (Lipinski definition) is 2. The summed E-state index contributed by atoms with van der Waals surface area (Å²) in [5.74, 6) is -1.58. The number of rotatable bonds is 3. The van der Waals surface area contributed by atoms with E-state index in [0.29, 0.717) is 13.0 Å². The third-order valence-electron chi connectivity index (χ3n) is 4.49. The second-order valence-corrected chi connectivity index (χ2v) is 5.92. The Morgan fingerprint density at radius 3 is 2.50 bits per heavy atom. The number of carboxylic acids is 1. The minimum absolute atomic E-state index is 0.195. The number of likely N-dealkylation sites (N-methyl/N-ethyl adjacent to an activating group) is 1. The quantitative estimate of drug-likeness (QED) is 0.881. The van der Waals surface area contributed by atoms with Crippen molar-refractivity contribution in [1.29, 1.82) is 0 Å². The number of nitrogens with zero attached hydrogens (tertiary/aromatic N) is 1. The van der Waals surface area contributed by atoms with Crippen LogP contribution >= 0.6 is 0 Å². The van der Waals surface area contributed by atoms with Crippen LogP contribution in [0.25, 0.3) is 0 Å². The van der Waals surface area contributed by atoms with Crippen molar-refractivity contribution in [2.24, 2.45) is 5.92 Å². The summed E-state index contributed by atoms with van der Waals surface area (Å²) in [5, 5.41) is 19.1. The molecule has 1 aliphatic rings. The molecule has 1 aromatic carbocycles.